The number of hydrogen-bond acceptors (Lipinski definition) is 16. The van der Waals surface area contributed by atoms with Crippen molar-refractivity contribution in [2.24, 2.45) is 17.6 Å². The van der Waals surface area contributed by atoms with Crippen LogP contribution in [0.1, 0.15) is 129 Å². The minimum atomic E-state index is -1.17. The van der Waals surface area contributed by atoms with Gasteiger partial charge in [-0.05, 0) is 118 Å². The molecule has 0 unspecified atom stereocenters. The lowest BCUT2D eigenvalue weighted by molar-refractivity contribution is -0.145. The summed E-state index contributed by atoms with van der Waals surface area (Å²) in [5.74, 6) is -3.70. The third-order valence-corrected chi connectivity index (χ3v) is 17.0. The van der Waals surface area contributed by atoms with Crippen molar-refractivity contribution in [3.05, 3.63) is 125 Å². The molecule has 10 amide bonds. The fourth-order valence-electron chi connectivity index (χ4n) is 11.7. The van der Waals surface area contributed by atoms with Gasteiger partial charge in [-0.25, -0.2) is 19.8 Å². The van der Waals surface area contributed by atoms with Crippen LogP contribution in [0.25, 0.3) is 11.1 Å². The third kappa shape index (κ3) is 22.0. The Hall–Kier alpha value is -8.69. The molecule has 7 rings (SSSR count). The molecular weight excluding hydrogens is 1210 g/mol. The van der Waals surface area contributed by atoms with Gasteiger partial charge in [-0.2, -0.15) is 0 Å². The number of alkyl carbamates (subject to hydrolysis) is 1. The van der Waals surface area contributed by atoms with Crippen LogP contribution in [0.4, 0.5) is 20.1 Å². The van der Waals surface area contributed by atoms with Crippen molar-refractivity contribution in [3.63, 3.8) is 0 Å². The number of ether oxygens (including phenoxy) is 5. The lowest BCUT2D eigenvalue weighted by atomic mass is 9.87. The Bertz CT molecular complexity index is 3180. The van der Waals surface area contributed by atoms with Crippen molar-refractivity contribution in [2.45, 2.75) is 185 Å². The Labute approximate surface area is 548 Å². The first kappa shape index (κ1) is 72.7. The summed E-state index contributed by atoms with van der Waals surface area (Å²) in [5.41, 5.74) is 15.1. The molecule has 0 bridgehead atoms. The quantitative estimate of drug-likeness (QED) is 0.0138. The molecule has 4 aliphatic rings. The summed E-state index contributed by atoms with van der Waals surface area (Å²) in [7, 11) is 0. The number of hydrazine groups is 1. The molecule has 3 fully saturated rings. The highest BCUT2D eigenvalue weighted by Gasteiger charge is 2.58. The van der Waals surface area contributed by atoms with E-state index in [0.717, 1.165) is 34.2 Å². The third-order valence-electron chi connectivity index (χ3n) is 17.0. The van der Waals surface area contributed by atoms with Crippen LogP contribution in [0.15, 0.2) is 109 Å². The molecule has 0 aromatic heterocycles. The molecule has 1 spiro atoms. The van der Waals surface area contributed by atoms with E-state index in [0.29, 0.717) is 37.1 Å². The van der Waals surface area contributed by atoms with Crippen LogP contribution in [0.2, 0.25) is 0 Å². The van der Waals surface area contributed by atoms with E-state index in [-0.39, 0.29) is 94.4 Å². The van der Waals surface area contributed by atoms with Gasteiger partial charge in [-0.3, -0.25) is 34.2 Å². The molecule has 3 aromatic rings. The van der Waals surface area contributed by atoms with Crippen molar-refractivity contribution >= 4 is 59.3 Å². The van der Waals surface area contributed by atoms with Crippen LogP contribution in [0.5, 0.6) is 0 Å². The van der Waals surface area contributed by atoms with Crippen molar-refractivity contribution in [2.75, 3.05) is 31.6 Å². The zero-order valence-electron chi connectivity index (χ0n) is 54.4. The maximum atomic E-state index is 14.0. The number of allylic oxidation sites excluding steroid dienone is 2. The van der Waals surface area contributed by atoms with Crippen LogP contribution in [0, 0.1) is 11.8 Å². The van der Waals surface area contributed by atoms with Gasteiger partial charge in [0, 0.05) is 44.1 Å². The number of amides is 10. The molecule has 1 aliphatic carbocycles. The summed E-state index contributed by atoms with van der Waals surface area (Å²) >= 11 is 0. The van der Waals surface area contributed by atoms with E-state index in [2.05, 4.69) is 67.1 Å². The fraction of sp³-hybridized carbons (Fsp3) is 0.515. The van der Waals surface area contributed by atoms with Crippen LogP contribution in [-0.2, 0) is 59.1 Å². The van der Waals surface area contributed by atoms with Crippen molar-refractivity contribution in [3.8, 4) is 11.1 Å². The van der Waals surface area contributed by atoms with E-state index < -0.39 is 102 Å². The van der Waals surface area contributed by atoms with Crippen LogP contribution < -0.4 is 53.8 Å². The molecule has 0 radical (unpaired) electrons. The van der Waals surface area contributed by atoms with Crippen molar-refractivity contribution in [1.29, 1.82) is 0 Å². The Balaban J connectivity index is 0.827. The monoisotopic (exact) mass is 1300 g/mol. The number of epoxide rings is 1. The Kier molecular flexibility index (Phi) is 27.1. The summed E-state index contributed by atoms with van der Waals surface area (Å²) in [4.78, 5) is 116. The molecule has 3 aromatic carbocycles. The maximum absolute atomic E-state index is 14.0. The molecule has 0 saturated carbocycles. The summed E-state index contributed by atoms with van der Waals surface area (Å²) in [5, 5.41) is 39.7. The average Bonchev–Trinajstić information content (AvgIpc) is 1.61. The molecule has 510 valence electrons. The van der Waals surface area contributed by atoms with Crippen LogP contribution in [-0.4, -0.2) is 157 Å². The number of carbonyl (C=O) groups is 9. The van der Waals surface area contributed by atoms with Gasteiger partial charge in [-0.15, -0.1) is 0 Å². The number of aliphatic hydroxyl groups is 2. The van der Waals surface area contributed by atoms with Gasteiger partial charge in [0.1, 0.15) is 49.1 Å². The SMILES string of the molecule is CC(=O)N[C@@H](CCCCNC(=O)OCC1c2ccccc2-c2ccccc21)C(=O)N[C@H](C(=O)N[C@H](CCCNC(N)=O)C(=O)Nc1ccc(COC(=O)NNC(=O)C[C@@H]2C[C@@]3(CO3)[C@H](O)[C@@H](/C=C/C(C)=C/C[C@@H]3O[C@H](C)[C@H](NC(=O)/C=C\[C@H](C)O)C[C@@H]3C)O2)cc1)C(C)C. The number of unbranched alkanes of at least 4 members (excludes halogenated alkanes) is 1. The Morgan fingerprint density at radius 3 is 2.06 bits per heavy atom. The first-order chi connectivity index (χ1) is 44.9. The van der Waals surface area contributed by atoms with Gasteiger partial charge < -0.3 is 76.8 Å². The second-order valence-electron chi connectivity index (χ2n) is 24.9. The first-order valence-corrected chi connectivity index (χ1v) is 32.1. The van der Waals surface area contributed by atoms with Gasteiger partial charge in [0.15, 0.2) is 0 Å². The number of fused-ring (bicyclic) bond motifs is 3. The second kappa shape index (κ2) is 35.0. The normalized spacial score (nSPS) is 22.7. The van der Waals surface area contributed by atoms with E-state index in [4.69, 9.17) is 29.4 Å². The molecule has 3 saturated heterocycles. The highest BCUT2D eigenvalue weighted by atomic mass is 16.6. The average molecular weight is 1310 g/mol. The number of rotatable bonds is 30. The van der Waals surface area contributed by atoms with Gasteiger partial charge in [-0.1, -0.05) is 111 Å². The minimum absolute atomic E-state index is 0.0470. The minimum Gasteiger partial charge on any atom is -0.449 e. The van der Waals surface area contributed by atoms with E-state index >= 15 is 0 Å². The lowest BCUT2D eigenvalue weighted by Gasteiger charge is -2.39. The maximum Gasteiger partial charge on any atom is 0.426 e. The molecule has 3 heterocycles. The number of nitrogens with one attached hydrogen (secondary N) is 9. The van der Waals surface area contributed by atoms with E-state index in [1.807, 2.05) is 62.4 Å². The smallest absolute Gasteiger partial charge is 0.426 e. The van der Waals surface area contributed by atoms with E-state index in [1.165, 1.54) is 19.1 Å². The summed E-state index contributed by atoms with van der Waals surface area (Å²) in [6.45, 7) is 12.7. The van der Waals surface area contributed by atoms with Gasteiger partial charge >= 0.3 is 18.2 Å². The van der Waals surface area contributed by atoms with E-state index in [1.54, 1.807) is 51.1 Å². The van der Waals surface area contributed by atoms with Gasteiger partial charge in [0.2, 0.25) is 35.4 Å². The first-order valence-electron chi connectivity index (χ1n) is 32.1. The summed E-state index contributed by atoms with van der Waals surface area (Å²) < 4.78 is 29.1. The number of urea groups is 1. The molecule has 94 heavy (non-hydrogen) atoms. The number of primary amides is 1. The molecule has 13 N–H and O–H groups in total. The predicted molar refractivity (Wildman–Crippen MR) is 348 cm³/mol. The zero-order valence-corrected chi connectivity index (χ0v) is 54.4. The number of carbonyl (C=O) groups excluding carboxylic acids is 9. The fourth-order valence-corrected chi connectivity index (χ4v) is 11.7. The summed E-state index contributed by atoms with van der Waals surface area (Å²) in [6.07, 6.45) is 6.05. The van der Waals surface area contributed by atoms with Gasteiger partial charge in [0.25, 0.3) is 0 Å². The van der Waals surface area contributed by atoms with Gasteiger partial charge in [0.05, 0.1) is 43.5 Å². The Morgan fingerprint density at radius 1 is 0.755 bits per heavy atom. The Morgan fingerprint density at radius 2 is 1.41 bits per heavy atom. The molecule has 12 atom stereocenters. The zero-order chi connectivity index (χ0) is 68.1. The van der Waals surface area contributed by atoms with Crippen LogP contribution >= 0.6 is 0 Å². The lowest BCUT2D eigenvalue weighted by Crippen LogP contribution is -2.57. The van der Waals surface area contributed by atoms with Crippen molar-refractivity contribution in [1.82, 2.24) is 42.8 Å². The van der Waals surface area contributed by atoms with Crippen molar-refractivity contribution < 1.29 is 77.0 Å². The highest BCUT2D eigenvalue weighted by Crippen LogP contribution is 2.45. The summed E-state index contributed by atoms with van der Waals surface area (Å²) in [6, 6.07) is 18.0. The number of benzene rings is 3. The number of hydrogen-bond donors (Lipinski definition) is 12. The molecule has 3 aliphatic heterocycles. The highest BCUT2D eigenvalue weighted by molar-refractivity contribution is 5.99. The standard InChI is InChI=1S/C68H92N10O16/c1-39(2)60(76-63(85)53(72-44(7)80)19-12-13-31-71-66(88)91-37-52-50-17-10-8-15-48(50)49-16-9-11-18-51(49)52)64(86)75-54(20-14-32-70-65(69)87)62(84)73-46-26-24-45(25-27-46)36-90-67(89)78-77-59(82)34-47-35-68(38-92-68)61(83)57(94-47)29-22-40(3)21-28-56-41(4)33-55(43(6)93-56)74-58(81)30-23-42(5)79/h8-11,15-18,21-27,29-30,39,41-43,47,52-57,60-61,79,83H,12-14,19-20,28,31-38H2,1-7H3,(H,71,88)(H,72,80)(H,73,84)(H,74,81)(H,75,86)(H,76,85)(H,77,82)(H,78,89)(H3,69,70,87)/b29-22+,30-23-,40-21+/t41-,42-,43+,47+,53-,54+,55+,56-,57+,60-,61+,68+/m0/s1. The predicted octanol–water partition coefficient (Wildman–Crippen LogP) is 4.98. The van der Waals surface area contributed by atoms with Crippen LogP contribution in [0.3, 0.4) is 0 Å². The molecular formula is C68H92N10O16. The second-order valence-corrected chi connectivity index (χ2v) is 24.9. The number of anilines is 1. The van der Waals surface area contributed by atoms with E-state index in [9.17, 15) is 53.4 Å². The number of nitrogens with two attached hydrogens (primary N) is 1. The largest absolute Gasteiger partial charge is 0.449 e. The molecule has 26 nitrogen and oxygen atoms in total. The molecule has 26 heteroatoms. The number of aliphatic hydroxyl groups excluding tert-OH is 2. The topological polar surface area (TPSA) is 378 Å².